The van der Waals surface area contributed by atoms with Crippen LogP contribution in [0.3, 0.4) is 0 Å². The molecule has 0 unspecified atom stereocenters. The summed E-state index contributed by atoms with van der Waals surface area (Å²) in [5, 5.41) is 21.1. The third-order valence-corrected chi connectivity index (χ3v) is 6.56. The highest BCUT2D eigenvalue weighted by molar-refractivity contribution is 6.30. The van der Waals surface area contributed by atoms with Crippen LogP contribution in [0, 0.1) is 23.2 Å². The number of rotatable bonds is 4. The molecule has 1 aliphatic carbocycles. The summed E-state index contributed by atoms with van der Waals surface area (Å²) >= 11 is 6.19. The fourth-order valence-corrected chi connectivity index (χ4v) is 4.73. The van der Waals surface area contributed by atoms with Crippen molar-refractivity contribution in [3.63, 3.8) is 0 Å². The highest BCUT2D eigenvalue weighted by Gasteiger charge is 2.43. The Morgan fingerprint density at radius 3 is 2.65 bits per heavy atom. The van der Waals surface area contributed by atoms with E-state index in [0.717, 1.165) is 18.8 Å². The van der Waals surface area contributed by atoms with Gasteiger partial charge in [0.1, 0.15) is 23.1 Å². The van der Waals surface area contributed by atoms with Gasteiger partial charge in [0.2, 0.25) is 5.82 Å². The molecule has 1 saturated carbocycles. The van der Waals surface area contributed by atoms with Gasteiger partial charge in [0, 0.05) is 24.5 Å². The van der Waals surface area contributed by atoms with Crippen LogP contribution in [0.1, 0.15) is 44.3 Å². The molecule has 0 amide bonds. The Labute approximate surface area is 184 Å². The van der Waals surface area contributed by atoms with Gasteiger partial charge in [-0.15, -0.1) is 0 Å². The van der Waals surface area contributed by atoms with Gasteiger partial charge in [0.05, 0.1) is 18.2 Å². The van der Waals surface area contributed by atoms with Gasteiger partial charge in [0.15, 0.2) is 11.2 Å². The number of hydrogen-bond donors (Lipinski definition) is 1. The Morgan fingerprint density at radius 2 is 2.00 bits per heavy atom. The van der Waals surface area contributed by atoms with Gasteiger partial charge in [-0.1, -0.05) is 31.4 Å². The summed E-state index contributed by atoms with van der Waals surface area (Å²) in [7, 11) is 0. The maximum atomic E-state index is 11.1. The zero-order valence-electron chi connectivity index (χ0n) is 17.3. The Morgan fingerprint density at radius 1 is 1.23 bits per heavy atom. The quantitative estimate of drug-likeness (QED) is 0.664. The zero-order chi connectivity index (χ0) is 21.6. The van der Waals surface area contributed by atoms with Gasteiger partial charge in [-0.3, -0.25) is 4.98 Å². The molecule has 9 heteroatoms. The Balaban J connectivity index is 1.71. The number of fused-ring (bicyclic) bond motifs is 1. The van der Waals surface area contributed by atoms with Gasteiger partial charge < -0.3 is 14.4 Å². The number of nitrogens with zero attached hydrogens (tertiary/aromatic N) is 6. The molecular weight excluding hydrogens is 416 g/mol. The van der Waals surface area contributed by atoms with Crippen LogP contribution in [0.5, 0.6) is 0 Å². The van der Waals surface area contributed by atoms with E-state index in [9.17, 15) is 10.4 Å². The minimum atomic E-state index is -1.17. The minimum Gasteiger partial charge on any atom is -0.377 e. The van der Waals surface area contributed by atoms with Crippen LogP contribution >= 0.6 is 11.6 Å². The standard InChI is InChI=1S/C22H23ClN6O2/c1-13-2-4-14(5-3-13)10-29-19-18(15-6-16(23)9-25-8-15)26-17(7-24)27-20(19)28-21(29)22(30)11-31-12-22/h6,8-9,13-14,30H,2-5,10-12H2,1H3. The molecule has 8 nitrogen and oxygen atoms in total. The van der Waals surface area contributed by atoms with Crippen molar-refractivity contribution in [1.82, 2.24) is 24.5 Å². The Kier molecular flexibility index (Phi) is 5.13. The number of halogens is 1. The lowest BCUT2D eigenvalue weighted by Crippen LogP contribution is -2.48. The third kappa shape index (κ3) is 3.67. The predicted molar refractivity (Wildman–Crippen MR) is 114 cm³/mol. The first-order valence-corrected chi connectivity index (χ1v) is 10.9. The molecule has 3 aromatic rings. The lowest BCUT2D eigenvalue weighted by atomic mass is 9.83. The second-order valence-corrected chi connectivity index (χ2v) is 9.20. The smallest absolute Gasteiger partial charge is 0.234 e. The monoisotopic (exact) mass is 438 g/mol. The van der Waals surface area contributed by atoms with E-state index in [2.05, 4.69) is 26.9 Å². The van der Waals surface area contributed by atoms with Crippen molar-refractivity contribution in [2.75, 3.05) is 13.2 Å². The van der Waals surface area contributed by atoms with E-state index < -0.39 is 5.60 Å². The maximum absolute atomic E-state index is 11.1. The fraction of sp³-hybridized carbons (Fsp3) is 0.500. The van der Waals surface area contributed by atoms with Crippen LogP contribution in [0.4, 0.5) is 0 Å². The van der Waals surface area contributed by atoms with Crippen molar-refractivity contribution in [2.24, 2.45) is 11.8 Å². The second kappa shape index (κ2) is 7.83. The summed E-state index contributed by atoms with van der Waals surface area (Å²) in [4.78, 5) is 17.7. The molecule has 4 heterocycles. The van der Waals surface area contributed by atoms with Crippen molar-refractivity contribution >= 4 is 22.8 Å². The summed E-state index contributed by atoms with van der Waals surface area (Å²) in [5.74, 6) is 1.75. The van der Waals surface area contributed by atoms with Gasteiger partial charge in [0.25, 0.3) is 0 Å². The molecule has 0 radical (unpaired) electrons. The first kappa shape index (κ1) is 20.3. The summed E-state index contributed by atoms with van der Waals surface area (Å²) in [6, 6.07) is 3.78. The van der Waals surface area contributed by atoms with Gasteiger partial charge >= 0.3 is 0 Å². The number of aliphatic hydroxyl groups is 1. The van der Waals surface area contributed by atoms with Crippen molar-refractivity contribution in [1.29, 1.82) is 5.26 Å². The number of nitriles is 1. The average molecular weight is 439 g/mol. The van der Waals surface area contributed by atoms with Gasteiger partial charge in [-0.2, -0.15) is 10.2 Å². The van der Waals surface area contributed by atoms with E-state index in [0.29, 0.717) is 45.7 Å². The minimum absolute atomic E-state index is 0.0158. The molecule has 31 heavy (non-hydrogen) atoms. The van der Waals surface area contributed by atoms with E-state index >= 15 is 0 Å². The number of pyridine rings is 1. The molecule has 0 spiro atoms. The van der Waals surface area contributed by atoms with Crippen molar-refractivity contribution in [2.45, 2.75) is 44.8 Å². The van der Waals surface area contributed by atoms with E-state index in [4.69, 9.17) is 16.3 Å². The maximum Gasteiger partial charge on any atom is 0.234 e. The molecule has 1 aliphatic heterocycles. The van der Waals surface area contributed by atoms with Gasteiger partial charge in [-0.25, -0.2) is 9.97 Å². The van der Waals surface area contributed by atoms with Crippen LogP contribution in [0.2, 0.25) is 5.02 Å². The molecule has 160 valence electrons. The number of hydrogen-bond acceptors (Lipinski definition) is 7. The first-order valence-electron chi connectivity index (χ1n) is 10.6. The highest BCUT2D eigenvalue weighted by atomic mass is 35.5. The second-order valence-electron chi connectivity index (χ2n) is 8.77. The SMILES string of the molecule is CC1CCC(Cn2c(C3(O)COC3)nc3nc(C#N)nc(-c4cncc(Cl)c4)c32)CC1. The Hall–Kier alpha value is -2.60. The van der Waals surface area contributed by atoms with E-state index in [1.54, 1.807) is 18.5 Å². The molecule has 0 bridgehead atoms. The summed E-state index contributed by atoms with van der Waals surface area (Å²) < 4.78 is 7.34. The Bertz CT molecular complexity index is 1170. The average Bonchev–Trinajstić information content (AvgIpc) is 3.11. The molecule has 0 aromatic carbocycles. The number of ether oxygens (including phenoxy) is 1. The van der Waals surface area contributed by atoms with E-state index in [1.807, 2.05) is 10.6 Å². The van der Waals surface area contributed by atoms with Crippen LogP contribution < -0.4 is 0 Å². The number of imidazole rings is 1. The molecule has 5 rings (SSSR count). The molecule has 1 saturated heterocycles. The molecule has 2 aliphatic rings. The molecule has 0 atom stereocenters. The normalized spacial score (nSPS) is 22.8. The molecule has 1 N–H and O–H groups in total. The van der Waals surface area contributed by atoms with Crippen molar-refractivity contribution in [3.8, 4) is 17.3 Å². The van der Waals surface area contributed by atoms with Crippen molar-refractivity contribution < 1.29 is 9.84 Å². The lowest BCUT2D eigenvalue weighted by molar-refractivity contribution is -0.190. The van der Waals surface area contributed by atoms with Gasteiger partial charge in [-0.05, 0) is 30.7 Å². The summed E-state index contributed by atoms with van der Waals surface area (Å²) in [6.07, 6.45) is 7.85. The highest BCUT2D eigenvalue weighted by Crippen LogP contribution is 2.37. The van der Waals surface area contributed by atoms with Crippen LogP contribution in [0.15, 0.2) is 18.5 Å². The summed E-state index contributed by atoms with van der Waals surface area (Å²) in [5.41, 5.74) is 1.14. The predicted octanol–water partition coefficient (Wildman–Crippen LogP) is 3.46. The third-order valence-electron chi connectivity index (χ3n) is 6.36. The molecular formula is C22H23ClN6O2. The first-order chi connectivity index (χ1) is 15.0. The van der Waals surface area contributed by atoms with Crippen molar-refractivity contribution in [3.05, 3.63) is 35.1 Å². The molecule has 3 aromatic heterocycles. The van der Waals surface area contributed by atoms with E-state index in [-0.39, 0.29) is 19.0 Å². The zero-order valence-corrected chi connectivity index (χ0v) is 18.0. The fourth-order valence-electron chi connectivity index (χ4n) is 4.56. The topological polar surface area (TPSA) is 110 Å². The summed E-state index contributed by atoms with van der Waals surface area (Å²) in [6.45, 7) is 3.37. The van der Waals surface area contributed by atoms with E-state index in [1.165, 1.54) is 12.8 Å². The van der Waals surface area contributed by atoms with Crippen LogP contribution in [0.25, 0.3) is 22.4 Å². The molecule has 2 fully saturated rings. The largest absolute Gasteiger partial charge is 0.377 e. The lowest BCUT2D eigenvalue weighted by Gasteiger charge is -2.36. The van der Waals surface area contributed by atoms with Crippen LogP contribution in [-0.2, 0) is 16.9 Å². The van der Waals surface area contributed by atoms with Crippen LogP contribution in [-0.4, -0.2) is 42.8 Å². The number of aromatic nitrogens is 5.